The van der Waals surface area contributed by atoms with Crippen molar-refractivity contribution in [2.24, 2.45) is 0 Å². The Morgan fingerprint density at radius 3 is 2.40 bits per heavy atom. The van der Waals surface area contributed by atoms with Gasteiger partial charge in [0.05, 0.1) is 10.6 Å². The fourth-order valence-electron chi connectivity index (χ4n) is 3.05. The third-order valence-electron chi connectivity index (χ3n) is 4.82. The monoisotopic (exact) mass is 443 g/mol. The maximum absolute atomic E-state index is 12.7. The Balaban J connectivity index is 1.78. The van der Waals surface area contributed by atoms with Gasteiger partial charge in [-0.2, -0.15) is 4.31 Å². The lowest BCUT2D eigenvalue weighted by Crippen LogP contribution is -2.30. The van der Waals surface area contributed by atoms with Crippen molar-refractivity contribution in [2.45, 2.75) is 32.1 Å². The minimum atomic E-state index is -3.63. The van der Waals surface area contributed by atoms with E-state index in [2.05, 4.69) is 29.4 Å². The molecule has 0 atom stereocenters. The molecule has 0 unspecified atom stereocenters. The van der Waals surface area contributed by atoms with Gasteiger partial charge in [0.2, 0.25) is 10.0 Å². The molecule has 2 aromatic carbocycles. The number of carbonyl (C=O) groups excluding carboxylic acids is 1. The summed E-state index contributed by atoms with van der Waals surface area (Å²) < 4.78 is 26.8. The standard InChI is InChI=1S/C22H25N3O3S2/c1-4-16-10-12-17(13-11-16)20-15-29-22(23-20)24-21(26)18-8-7-9-19(14-18)30(27,28)25(5-2)6-3/h7-15H,4-6H2,1-3H3,(H,23,24,26). The molecule has 0 saturated heterocycles. The number of nitrogens with one attached hydrogen (secondary N) is 1. The van der Waals surface area contributed by atoms with Gasteiger partial charge in [0.1, 0.15) is 0 Å². The van der Waals surface area contributed by atoms with Gasteiger partial charge in [-0.15, -0.1) is 11.3 Å². The van der Waals surface area contributed by atoms with Crippen molar-refractivity contribution in [3.8, 4) is 11.3 Å². The number of anilines is 1. The Morgan fingerprint density at radius 1 is 1.07 bits per heavy atom. The molecule has 0 spiro atoms. The fourth-order valence-corrected chi connectivity index (χ4v) is 5.27. The Labute approximate surface area is 181 Å². The number of amides is 1. The number of hydrogen-bond acceptors (Lipinski definition) is 5. The summed E-state index contributed by atoms with van der Waals surface area (Å²) >= 11 is 1.33. The molecule has 0 bridgehead atoms. The van der Waals surface area contributed by atoms with Crippen LogP contribution < -0.4 is 5.32 Å². The van der Waals surface area contributed by atoms with Crippen LogP contribution in [0.1, 0.15) is 36.7 Å². The van der Waals surface area contributed by atoms with Crippen molar-refractivity contribution in [2.75, 3.05) is 18.4 Å². The summed E-state index contributed by atoms with van der Waals surface area (Å²) in [5.41, 5.74) is 3.29. The molecular weight excluding hydrogens is 418 g/mol. The number of thiazole rings is 1. The second-order valence-corrected chi connectivity index (χ2v) is 9.46. The zero-order valence-corrected chi connectivity index (χ0v) is 18.9. The maximum atomic E-state index is 12.7. The SMILES string of the molecule is CCc1ccc(-c2csc(NC(=O)c3cccc(S(=O)(=O)N(CC)CC)c3)n2)cc1. The molecule has 3 rings (SSSR count). The molecule has 1 aromatic heterocycles. The van der Waals surface area contributed by atoms with Gasteiger partial charge < -0.3 is 0 Å². The molecule has 0 aliphatic rings. The van der Waals surface area contributed by atoms with Gasteiger partial charge in [0, 0.05) is 29.6 Å². The molecule has 0 aliphatic heterocycles. The number of benzene rings is 2. The summed E-state index contributed by atoms with van der Waals surface area (Å²) in [5, 5.41) is 5.12. The summed E-state index contributed by atoms with van der Waals surface area (Å²) in [7, 11) is -3.63. The Hall–Kier alpha value is -2.55. The van der Waals surface area contributed by atoms with Crippen LogP contribution >= 0.6 is 11.3 Å². The third-order valence-corrected chi connectivity index (χ3v) is 7.63. The second kappa shape index (κ2) is 9.51. The lowest BCUT2D eigenvalue weighted by molar-refractivity contribution is 0.102. The van der Waals surface area contributed by atoms with E-state index in [1.165, 1.54) is 33.3 Å². The van der Waals surface area contributed by atoms with Crippen LogP contribution in [0, 0.1) is 0 Å². The predicted octanol–water partition coefficient (Wildman–Crippen LogP) is 4.66. The number of carbonyl (C=O) groups is 1. The van der Waals surface area contributed by atoms with Crippen molar-refractivity contribution in [1.29, 1.82) is 0 Å². The molecular formula is C22H25N3O3S2. The van der Waals surface area contributed by atoms with Crippen LogP contribution in [0.25, 0.3) is 11.3 Å². The molecule has 1 heterocycles. The van der Waals surface area contributed by atoms with E-state index >= 15 is 0 Å². The molecule has 0 fully saturated rings. The first-order valence-electron chi connectivity index (χ1n) is 9.85. The normalized spacial score (nSPS) is 11.6. The number of aromatic nitrogens is 1. The van der Waals surface area contributed by atoms with E-state index in [1.54, 1.807) is 26.0 Å². The van der Waals surface area contributed by atoms with E-state index in [4.69, 9.17) is 0 Å². The molecule has 0 aliphatic carbocycles. The van der Waals surface area contributed by atoms with Gasteiger partial charge in [0.15, 0.2) is 5.13 Å². The highest BCUT2D eigenvalue weighted by atomic mass is 32.2. The van der Waals surface area contributed by atoms with Crippen LogP contribution in [0.3, 0.4) is 0 Å². The highest BCUT2D eigenvalue weighted by molar-refractivity contribution is 7.89. The molecule has 3 aromatic rings. The first-order valence-corrected chi connectivity index (χ1v) is 12.2. The molecule has 6 nitrogen and oxygen atoms in total. The van der Waals surface area contributed by atoms with Gasteiger partial charge in [-0.3, -0.25) is 10.1 Å². The van der Waals surface area contributed by atoms with E-state index in [9.17, 15) is 13.2 Å². The molecule has 1 N–H and O–H groups in total. The minimum Gasteiger partial charge on any atom is -0.298 e. The number of nitrogens with zero attached hydrogens (tertiary/aromatic N) is 2. The zero-order valence-electron chi connectivity index (χ0n) is 17.3. The lowest BCUT2D eigenvalue weighted by atomic mass is 10.1. The van der Waals surface area contributed by atoms with E-state index in [-0.39, 0.29) is 10.5 Å². The van der Waals surface area contributed by atoms with Crippen LogP contribution in [0.5, 0.6) is 0 Å². The van der Waals surface area contributed by atoms with E-state index < -0.39 is 15.9 Å². The number of hydrogen-bond donors (Lipinski definition) is 1. The first-order chi connectivity index (χ1) is 14.4. The molecule has 0 radical (unpaired) electrons. The van der Waals surface area contributed by atoms with Crippen molar-refractivity contribution in [1.82, 2.24) is 9.29 Å². The quantitative estimate of drug-likeness (QED) is 0.549. The third kappa shape index (κ3) is 4.77. The molecule has 30 heavy (non-hydrogen) atoms. The van der Waals surface area contributed by atoms with Crippen LogP contribution in [0.15, 0.2) is 58.8 Å². The summed E-state index contributed by atoms with van der Waals surface area (Å²) in [6.07, 6.45) is 0.974. The van der Waals surface area contributed by atoms with Crippen molar-refractivity contribution < 1.29 is 13.2 Å². The van der Waals surface area contributed by atoms with E-state index in [1.807, 2.05) is 17.5 Å². The van der Waals surface area contributed by atoms with Crippen LogP contribution in [-0.2, 0) is 16.4 Å². The fraction of sp³-hybridized carbons (Fsp3) is 0.273. The van der Waals surface area contributed by atoms with Gasteiger partial charge in [-0.05, 0) is 30.2 Å². The second-order valence-electron chi connectivity index (χ2n) is 6.66. The summed E-state index contributed by atoms with van der Waals surface area (Å²) in [4.78, 5) is 17.3. The molecule has 8 heteroatoms. The van der Waals surface area contributed by atoms with Crippen molar-refractivity contribution in [3.63, 3.8) is 0 Å². The van der Waals surface area contributed by atoms with E-state index in [0.29, 0.717) is 18.2 Å². The minimum absolute atomic E-state index is 0.106. The average molecular weight is 444 g/mol. The Bertz CT molecular complexity index is 1120. The number of sulfonamides is 1. The first kappa shape index (κ1) is 22.1. The highest BCUT2D eigenvalue weighted by Crippen LogP contribution is 2.26. The predicted molar refractivity (Wildman–Crippen MR) is 121 cm³/mol. The average Bonchev–Trinajstić information content (AvgIpc) is 3.23. The topological polar surface area (TPSA) is 79.4 Å². The number of aryl methyl sites for hydroxylation is 1. The lowest BCUT2D eigenvalue weighted by Gasteiger charge is -2.18. The van der Waals surface area contributed by atoms with Crippen LogP contribution in [0.4, 0.5) is 5.13 Å². The Morgan fingerprint density at radius 2 is 1.77 bits per heavy atom. The van der Waals surface area contributed by atoms with Crippen LogP contribution in [-0.4, -0.2) is 36.7 Å². The maximum Gasteiger partial charge on any atom is 0.257 e. The largest absolute Gasteiger partial charge is 0.298 e. The zero-order chi connectivity index (χ0) is 21.7. The van der Waals surface area contributed by atoms with Gasteiger partial charge in [0.25, 0.3) is 5.91 Å². The summed E-state index contributed by atoms with van der Waals surface area (Å²) in [6.45, 7) is 6.42. The summed E-state index contributed by atoms with van der Waals surface area (Å²) in [6, 6.07) is 14.2. The molecule has 1 amide bonds. The van der Waals surface area contributed by atoms with Gasteiger partial charge >= 0.3 is 0 Å². The number of rotatable bonds is 8. The van der Waals surface area contributed by atoms with Gasteiger partial charge in [-0.25, -0.2) is 13.4 Å². The highest BCUT2D eigenvalue weighted by Gasteiger charge is 2.22. The Kier molecular flexibility index (Phi) is 7.02. The van der Waals surface area contributed by atoms with Crippen molar-refractivity contribution in [3.05, 3.63) is 65.0 Å². The summed E-state index contributed by atoms with van der Waals surface area (Å²) in [5.74, 6) is -0.395. The van der Waals surface area contributed by atoms with Crippen LogP contribution in [0.2, 0.25) is 0 Å². The van der Waals surface area contributed by atoms with Crippen molar-refractivity contribution >= 4 is 32.4 Å². The van der Waals surface area contributed by atoms with Gasteiger partial charge in [-0.1, -0.05) is 51.1 Å². The van der Waals surface area contributed by atoms with E-state index in [0.717, 1.165) is 17.7 Å². The molecule has 0 saturated carbocycles. The smallest absolute Gasteiger partial charge is 0.257 e. The molecule has 158 valence electrons.